The summed E-state index contributed by atoms with van der Waals surface area (Å²) in [6, 6.07) is 6.44. The van der Waals surface area contributed by atoms with Crippen LogP contribution in [0.4, 0.5) is 0 Å². The summed E-state index contributed by atoms with van der Waals surface area (Å²) in [4.78, 5) is 0. The lowest BCUT2D eigenvalue weighted by Gasteiger charge is -2.05. The van der Waals surface area contributed by atoms with Gasteiger partial charge in [-0.05, 0) is 23.6 Å². The highest BCUT2D eigenvalue weighted by Gasteiger charge is 2.18. The zero-order chi connectivity index (χ0) is 12.5. The van der Waals surface area contributed by atoms with Crippen molar-refractivity contribution in [3.8, 4) is 17.2 Å². The maximum absolute atomic E-state index is 11.7. The first-order valence-corrected chi connectivity index (χ1v) is 6.78. The summed E-state index contributed by atoms with van der Waals surface area (Å²) in [5.74, 6) is -0.844. The van der Waals surface area contributed by atoms with E-state index in [1.54, 1.807) is 11.4 Å². The summed E-state index contributed by atoms with van der Waals surface area (Å²) >= 11 is 1.03. The second kappa shape index (κ2) is 5.51. The molecule has 2 rings (SSSR count). The van der Waals surface area contributed by atoms with Crippen LogP contribution in [0.5, 0.6) is 17.2 Å². The molecular formula is C10H10O5S3. The van der Waals surface area contributed by atoms with Crippen molar-refractivity contribution in [2.45, 2.75) is 4.21 Å². The summed E-state index contributed by atoms with van der Waals surface area (Å²) in [6.07, 6.45) is 0. The number of hydrogen-bond acceptors (Lipinski definition) is 6. The zero-order valence-electron chi connectivity index (χ0n) is 8.90. The number of phenolic OH excluding ortho intramolecular Hbond substituents is 2. The average molecular weight is 306 g/mol. The van der Waals surface area contributed by atoms with Crippen LogP contribution in [0.25, 0.3) is 0 Å². The molecule has 0 radical (unpaired) electrons. The fourth-order valence-corrected chi connectivity index (χ4v) is 3.00. The largest absolute Gasteiger partial charge is 0.504 e. The van der Waals surface area contributed by atoms with Crippen LogP contribution in [0.3, 0.4) is 0 Å². The van der Waals surface area contributed by atoms with Crippen molar-refractivity contribution < 1.29 is 22.8 Å². The van der Waals surface area contributed by atoms with Gasteiger partial charge < -0.3 is 14.4 Å². The molecule has 0 saturated heterocycles. The first kappa shape index (κ1) is 14.7. The SMILES string of the molecule is O=S(=O)(Oc1ccc(O)c(O)c1)c1cccs1.S. The monoisotopic (exact) mass is 306 g/mol. The van der Waals surface area contributed by atoms with Gasteiger partial charge in [0.05, 0.1) is 0 Å². The molecule has 0 aliphatic rings. The van der Waals surface area contributed by atoms with Gasteiger partial charge in [0.1, 0.15) is 5.75 Å². The Morgan fingerprint density at radius 1 is 1.11 bits per heavy atom. The van der Waals surface area contributed by atoms with E-state index in [1.807, 2.05) is 0 Å². The van der Waals surface area contributed by atoms with Crippen LogP contribution < -0.4 is 4.18 Å². The van der Waals surface area contributed by atoms with Crippen molar-refractivity contribution in [1.29, 1.82) is 0 Å². The molecule has 8 heteroatoms. The first-order valence-electron chi connectivity index (χ1n) is 4.49. The highest BCUT2D eigenvalue weighted by Crippen LogP contribution is 2.30. The maximum atomic E-state index is 11.7. The Hall–Kier alpha value is -1.38. The number of rotatable bonds is 3. The molecule has 0 atom stereocenters. The van der Waals surface area contributed by atoms with Gasteiger partial charge in [0, 0.05) is 6.07 Å². The van der Waals surface area contributed by atoms with Crippen LogP contribution in [-0.4, -0.2) is 18.6 Å². The minimum absolute atomic E-state index is 0. The Balaban J connectivity index is 0.00000162. The minimum Gasteiger partial charge on any atom is -0.504 e. The van der Waals surface area contributed by atoms with Crippen molar-refractivity contribution in [3.63, 3.8) is 0 Å². The quantitative estimate of drug-likeness (QED) is 0.669. The van der Waals surface area contributed by atoms with Crippen LogP contribution >= 0.6 is 24.8 Å². The summed E-state index contributed by atoms with van der Waals surface area (Å²) in [7, 11) is -3.87. The lowest BCUT2D eigenvalue weighted by molar-refractivity contribution is 0.400. The van der Waals surface area contributed by atoms with E-state index in [0.29, 0.717) is 0 Å². The number of benzene rings is 1. The Morgan fingerprint density at radius 3 is 2.39 bits per heavy atom. The second-order valence-corrected chi connectivity index (χ2v) is 5.84. The Labute approximate surface area is 115 Å². The van der Waals surface area contributed by atoms with Gasteiger partial charge in [-0.3, -0.25) is 0 Å². The normalized spacial score (nSPS) is 10.7. The van der Waals surface area contributed by atoms with E-state index in [1.165, 1.54) is 12.1 Å². The van der Waals surface area contributed by atoms with E-state index in [2.05, 4.69) is 0 Å². The lowest BCUT2D eigenvalue weighted by Crippen LogP contribution is -2.07. The maximum Gasteiger partial charge on any atom is 0.348 e. The molecule has 1 aromatic heterocycles. The van der Waals surface area contributed by atoms with Crippen LogP contribution in [0, 0.1) is 0 Å². The van der Waals surface area contributed by atoms with Crippen LogP contribution in [-0.2, 0) is 10.1 Å². The van der Waals surface area contributed by atoms with Gasteiger partial charge in [0.2, 0.25) is 0 Å². The van der Waals surface area contributed by atoms with E-state index in [0.717, 1.165) is 23.5 Å². The predicted molar refractivity (Wildman–Crippen MR) is 72.3 cm³/mol. The van der Waals surface area contributed by atoms with Crippen LogP contribution in [0.1, 0.15) is 0 Å². The molecule has 18 heavy (non-hydrogen) atoms. The van der Waals surface area contributed by atoms with E-state index >= 15 is 0 Å². The van der Waals surface area contributed by atoms with Crippen molar-refractivity contribution >= 4 is 35.0 Å². The third-order valence-corrected chi connectivity index (χ3v) is 4.50. The first-order chi connectivity index (χ1) is 7.99. The summed E-state index contributed by atoms with van der Waals surface area (Å²) < 4.78 is 28.3. The number of hydrogen-bond donors (Lipinski definition) is 2. The summed E-state index contributed by atoms with van der Waals surface area (Å²) in [6.45, 7) is 0. The van der Waals surface area contributed by atoms with Gasteiger partial charge in [-0.2, -0.15) is 21.9 Å². The molecule has 98 valence electrons. The van der Waals surface area contributed by atoms with E-state index in [9.17, 15) is 13.5 Å². The third-order valence-electron chi connectivity index (χ3n) is 1.89. The highest BCUT2D eigenvalue weighted by atomic mass is 32.3. The van der Waals surface area contributed by atoms with E-state index in [4.69, 9.17) is 9.29 Å². The molecule has 0 spiro atoms. The molecule has 0 aliphatic heterocycles. The van der Waals surface area contributed by atoms with Gasteiger partial charge in [-0.1, -0.05) is 6.07 Å². The predicted octanol–water partition coefficient (Wildman–Crippen LogP) is 2.04. The zero-order valence-corrected chi connectivity index (χ0v) is 11.5. The summed E-state index contributed by atoms with van der Waals surface area (Å²) in [5.41, 5.74) is 0. The van der Waals surface area contributed by atoms with E-state index < -0.39 is 15.9 Å². The molecule has 1 aromatic carbocycles. The van der Waals surface area contributed by atoms with Crippen molar-refractivity contribution in [2.75, 3.05) is 0 Å². The highest BCUT2D eigenvalue weighted by molar-refractivity contribution is 7.89. The van der Waals surface area contributed by atoms with E-state index in [-0.39, 0.29) is 29.2 Å². The molecule has 2 N–H and O–H groups in total. The molecule has 0 amide bonds. The minimum atomic E-state index is -3.87. The number of aromatic hydroxyl groups is 2. The third kappa shape index (κ3) is 3.09. The second-order valence-electron chi connectivity index (χ2n) is 3.12. The van der Waals surface area contributed by atoms with Gasteiger partial charge in [0.15, 0.2) is 15.7 Å². The number of phenols is 2. The van der Waals surface area contributed by atoms with Gasteiger partial charge in [-0.15, -0.1) is 11.3 Å². The lowest BCUT2D eigenvalue weighted by atomic mass is 10.3. The topological polar surface area (TPSA) is 83.8 Å². The smallest absolute Gasteiger partial charge is 0.348 e. The molecule has 0 saturated carbocycles. The standard InChI is InChI=1S/C10H8O5S2.H2S/c11-8-4-3-7(6-9(8)12)15-17(13,14)10-2-1-5-16-10;/h1-6,11-12H;1H2. The van der Waals surface area contributed by atoms with Crippen molar-refractivity contribution in [1.82, 2.24) is 0 Å². The average Bonchev–Trinajstić information content (AvgIpc) is 2.77. The fourth-order valence-electron chi connectivity index (χ4n) is 1.13. The van der Waals surface area contributed by atoms with Crippen molar-refractivity contribution in [3.05, 3.63) is 35.7 Å². The molecule has 0 fully saturated rings. The Kier molecular flexibility index (Phi) is 4.49. The molecule has 1 heterocycles. The van der Waals surface area contributed by atoms with Gasteiger partial charge in [0.25, 0.3) is 0 Å². The Morgan fingerprint density at radius 2 is 1.83 bits per heavy atom. The Bertz CT molecular complexity index is 619. The molecule has 0 aliphatic carbocycles. The molecule has 0 unspecified atom stereocenters. The summed E-state index contributed by atoms with van der Waals surface area (Å²) in [5, 5.41) is 19.9. The molecular weight excluding hydrogens is 296 g/mol. The van der Waals surface area contributed by atoms with Crippen LogP contribution in [0.15, 0.2) is 39.9 Å². The number of thiophene rings is 1. The van der Waals surface area contributed by atoms with Crippen molar-refractivity contribution in [2.24, 2.45) is 0 Å². The molecule has 2 aromatic rings. The molecule has 0 bridgehead atoms. The van der Waals surface area contributed by atoms with Gasteiger partial charge >= 0.3 is 10.1 Å². The molecule has 5 nitrogen and oxygen atoms in total. The fraction of sp³-hybridized carbons (Fsp3) is 0. The van der Waals surface area contributed by atoms with Gasteiger partial charge in [-0.25, -0.2) is 0 Å². The van der Waals surface area contributed by atoms with Crippen LogP contribution in [0.2, 0.25) is 0 Å².